The smallest absolute Gasteiger partial charge is 0.150 e. The summed E-state index contributed by atoms with van der Waals surface area (Å²) < 4.78 is 23.6. The number of aryl methyl sites for hydroxylation is 1. The van der Waals surface area contributed by atoms with Crippen LogP contribution in [0.1, 0.15) is 36.8 Å². The third kappa shape index (κ3) is 4.05. The van der Waals surface area contributed by atoms with Crippen molar-refractivity contribution in [1.82, 2.24) is 15.5 Å². The number of benzene rings is 1. The molecule has 1 heterocycles. The van der Waals surface area contributed by atoms with Crippen LogP contribution in [0.4, 0.5) is 0 Å². The quantitative estimate of drug-likeness (QED) is 0.872. The Kier molecular flexibility index (Phi) is 5.06. The Balaban J connectivity index is 1.67. The number of hydrogen-bond donors (Lipinski definition) is 2. The van der Waals surface area contributed by atoms with Crippen LogP contribution in [0.3, 0.4) is 0 Å². The van der Waals surface area contributed by atoms with Crippen LogP contribution in [-0.2, 0) is 16.4 Å². The van der Waals surface area contributed by atoms with Gasteiger partial charge in [-0.3, -0.25) is 5.10 Å². The molecule has 1 aromatic carbocycles. The number of rotatable bonds is 5. The Hall–Kier alpha value is -1.66. The summed E-state index contributed by atoms with van der Waals surface area (Å²) in [6.45, 7) is 2.77. The van der Waals surface area contributed by atoms with Crippen molar-refractivity contribution in [2.45, 2.75) is 50.4 Å². The number of aromatic amines is 1. The monoisotopic (exact) mass is 347 g/mol. The van der Waals surface area contributed by atoms with E-state index in [0.717, 1.165) is 36.1 Å². The fourth-order valence-electron chi connectivity index (χ4n) is 3.47. The molecule has 1 fully saturated rings. The lowest BCUT2D eigenvalue weighted by atomic mass is 9.94. The largest absolute Gasteiger partial charge is 0.310 e. The van der Waals surface area contributed by atoms with E-state index >= 15 is 0 Å². The van der Waals surface area contributed by atoms with Crippen LogP contribution in [0.15, 0.2) is 30.5 Å². The maximum absolute atomic E-state index is 11.8. The number of hydrogen-bond acceptors (Lipinski definition) is 4. The van der Waals surface area contributed by atoms with E-state index in [1.165, 1.54) is 11.8 Å². The fourth-order valence-corrected chi connectivity index (χ4v) is 4.65. The summed E-state index contributed by atoms with van der Waals surface area (Å²) >= 11 is 0. The first-order valence-electron chi connectivity index (χ1n) is 8.45. The normalized spacial score (nSPS) is 21.8. The van der Waals surface area contributed by atoms with Gasteiger partial charge in [0.1, 0.15) is 9.84 Å². The number of nitrogens with one attached hydrogen (secondary N) is 2. The summed E-state index contributed by atoms with van der Waals surface area (Å²) in [5.41, 5.74) is 4.48. The molecule has 0 aliphatic heterocycles. The molecule has 2 unspecified atom stereocenters. The van der Waals surface area contributed by atoms with E-state index < -0.39 is 9.84 Å². The van der Waals surface area contributed by atoms with Gasteiger partial charge in [-0.25, -0.2) is 8.42 Å². The molecule has 3 rings (SSSR count). The third-order valence-electron chi connectivity index (χ3n) is 4.84. The first-order valence-corrected chi connectivity index (χ1v) is 10.4. The van der Waals surface area contributed by atoms with E-state index in [1.807, 2.05) is 12.3 Å². The first-order chi connectivity index (χ1) is 11.4. The molecule has 1 aromatic heterocycles. The predicted molar refractivity (Wildman–Crippen MR) is 96.5 cm³/mol. The van der Waals surface area contributed by atoms with Crippen molar-refractivity contribution in [1.29, 1.82) is 0 Å². The molecule has 5 nitrogen and oxygen atoms in total. The molecule has 0 bridgehead atoms. The van der Waals surface area contributed by atoms with Gasteiger partial charge in [0.05, 0.1) is 17.1 Å². The molecule has 0 spiro atoms. The molecular weight excluding hydrogens is 322 g/mol. The molecule has 2 aromatic rings. The Morgan fingerprint density at radius 2 is 2.17 bits per heavy atom. The van der Waals surface area contributed by atoms with Crippen LogP contribution in [0.2, 0.25) is 0 Å². The highest BCUT2D eigenvalue weighted by molar-refractivity contribution is 7.91. The summed E-state index contributed by atoms with van der Waals surface area (Å²) in [5.74, 6) is 0. The number of H-pyrrole nitrogens is 1. The highest BCUT2D eigenvalue weighted by Gasteiger charge is 2.28. The van der Waals surface area contributed by atoms with E-state index in [2.05, 4.69) is 40.6 Å². The summed E-state index contributed by atoms with van der Waals surface area (Å²) in [6.07, 6.45) is 6.69. The molecule has 24 heavy (non-hydrogen) atoms. The highest BCUT2D eigenvalue weighted by Crippen LogP contribution is 2.25. The van der Waals surface area contributed by atoms with Gasteiger partial charge in [0, 0.05) is 30.0 Å². The Morgan fingerprint density at radius 1 is 1.33 bits per heavy atom. The molecule has 6 heteroatoms. The molecule has 0 amide bonds. The summed E-state index contributed by atoms with van der Waals surface area (Å²) in [6, 6.07) is 8.58. The van der Waals surface area contributed by atoms with Crippen molar-refractivity contribution >= 4 is 9.84 Å². The average Bonchev–Trinajstić information content (AvgIpc) is 3.01. The number of aromatic nitrogens is 2. The first kappa shape index (κ1) is 17.2. The van der Waals surface area contributed by atoms with Gasteiger partial charge in [-0.15, -0.1) is 0 Å². The minimum Gasteiger partial charge on any atom is -0.310 e. The van der Waals surface area contributed by atoms with Gasteiger partial charge >= 0.3 is 0 Å². The van der Waals surface area contributed by atoms with Crippen molar-refractivity contribution in [2.75, 3.05) is 6.26 Å². The van der Waals surface area contributed by atoms with Gasteiger partial charge in [-0.05, 0) is 32.3 Å². The van der Waals surface area contributed by atoms with Crippen molar-refractivity contribution in [3.63, 3.8) is 0 Å². The maximum atomic E-state index is 11.8. The Labute approximate surface area is 143 Å². The van der Waals surface area contributed by atoms with Crippen LogP contribution in [0.5, 0.6) is 0 Å². The van der Waals surface area contributed by atoms with Crippen molar-refractivity contribution in [3.8, 4) is 11.3 Å². The molecule has 130 valence electrons. The zero-order valence-corrected chi connectivity index (χ0v) is 15.1. The Bertz CT molecular complexity index is 798. The standard InChI is InChI=1S/C18H25N3O2S/c1-13-5-3-6-14(9-13)18-15(12-20-21-18)11-19-16-7-4-8-17(10-16)24(2,22)23/h3,5-6,9,12,16-17,19H,4,7-8,10-11H2,1-2H3,(H,20,21). The van der Waals surface area contributed by atoms with Gasteiger partial charge in [0.15, 0.2) is 0 Å². The van der Waals surface area contributed by atoms with Gasteiger partial charge in [0.2, 0.25) is 0 Å². The second-order valence-corrected chi connectivity index (χ2v) is 9.16. The maximum Gasteiger partial charge on any atom is 0.150 e. The molecule has 0 radical (unpaired) electrons. The molecule has 1 saturated carbocycles. The zero-order valence-electron chi connectivity index (χ0n) is 14.2. The van der Waals surface area contributed by atoms with E-state index in [0.29, 0.717) is 13.0 Å². The molecule has 2 atom stereocenters. The van der Waals surface area contributed by atoms with Crippen molar-refractivity contribution in [3.05, 3.63) is 41.6 Å². The van der Waals surface area contributed by atoms with E-state index in [9.17, 15) is 8.42 Å². The zero-order chi connectivity index (χ0) is 17.2. The molecular formula is C18H25N3O2S. The van der Waals surface area contributed by atoms with Crippen LogP contribution >= 0.6 is 0 Å². The van der Waals surface area contributed by atoms with E-state index in [4.69, 9.17) is 0 Å². The van der Waals surface area contributed by atoms with Crippen molar-refractivity contribution in [2.24, 2.45) is 0 Å². The van der Waals surface area contributed by atoms with Crippen LogP contribution in [-0.4, -0.2) is 36.2 Å². The van der Waals surface area contributed by atoms with E-state index in [-0.39, 0.29) is 11.3 Å². The summed E-state index contributed by atoms with van der Waals surface area (Å²) in [7, 11) is -2.95. The van der Waals surface area contributed by atoms with Gasteiger partial charge in [-0.2, -0.15) is 5.10 Å². The lowest BCUT2D eigenvalue weighted by molar-refractivity contribution is 0.371. The molecule has 0 saturated heterocycles. The third-order valence-corrected chi connectivity index (χ3v) is 6.48. The number of nitrogens with zero attached hydrogens (tertiary/aromatic N) is 1. The van der Waals surface area contributed by atoms with Crippen LogP contribution < -0.4 is 5.32 Å². The molecule has 1 aliphatic carbocycles. The summed E-state index contributed by atoms with van der Waals surface area (Å²) in [5, 5.41) is 10.6. The minimum atomic E-state index is -2.95. The second kappa shape index (κ2) is 7.07. The van der Waals surface area contributed by atoms with E-state index in [1.54, 1.807) is 0 Å². The van der Waals surface area contributed by atoms with Crippen molar-refractivity contribution < 1.29 is 8.42 Å². The summed E-state index contributed by atoms with van der Waals surface area (Å²) in [4.78, 5) is 0. The number of sulfone groups is 1. The fraction of sp³-hybridized carbons (Fsp3) is 0.500. The van der Waals surface area contributed by atoms with Gasteiger partial charge < -0.3 is 5.32 Å². The Morgan fingerprint density at radius 3 is 2.92 bits per heavy atom. The lowest BCUT2D eigenvalue weighted by Gasteiger charge is -2.28. The highest BCUT2D eigenvalue weighted by atomic mass is 32.2. The SMILES string of the molecule is Cc1cccc(-c2[nH]ncc2CNC2CCCC(S(C)(=O)=O)C2)c1. The van der Waals surface area contributed by atoms with Crippen LogP contribution in [0, 0.1) is 6.92 Å². The lowest BCUT2D eigenvalue weighted by Crippen LogP contribution is -2.38. The predicted octanol–water partition coefficient (Wildman–Crippen LogP) is 2.83. The second-order valence-electron chi connectivity index (χ2n) is 6.84. The molecule has 1 aliphatic rings. The topological polar surface area (TPSA) is 74.8 Å². The van der Waals surface area contributed by atoms with Gasteiger partial charge in [0.25, 0.3) is 0 Å². The minimum absolute atomic E-state index is 0.204. The van der Waals surface area contributed by atoms with Crippen LogP contribution in [0.25, 0.3) is 11.3 Å². The molecule has 2 N–H and O–H groups in total. The average molecular weight is 347 g/mol. The van der Waals surface area contributed by atoms with Gasteiger partial charge in [-0.1, -0.05) is 30.2 Å².